The number of amides is 2. The van der Waals surface area contributed by atoms with Crippen molar-refractivity contribution in [3.63, 3.8) is 0 Å². The molecule has 1 aliphatic carbocycles. The molecule has 2 aliphatic rings. The van der Waals surface area contributed by atoms with E-state index in [0.29, 0.717) is 18.7 Å². The quantitative estimate of drug-likeness (QED) is 0.586. The van der Waals surface area contributed by atoms with Crippen LogP contribution in [-0.2, 0) is 25.7 Å². The summed E-state index contributed by atoms with van der Waals surface area (Å²) < 4.78 is 10.2. The average molecular weight is 369 g/mol. The normalized spacial score (nSPS) is 22.0. The number of hydrogen-bond acceptors (Lipinski definition) is 7. The van der Waals surface area contributed by atoms with E-state index in [-0.39, 0.29) is 42.7 Å². The van der Waals surface area contributed by atoms with Gasteiger partial charge in [-0.1, -0.05) is 48.3 Å². The fourth-order valence-electron chi connectivity index (χ4n) is 3.72. The van der Waals surface area contributed by atoms with Crippen LogP contribution in [0.25, 0.3) is 11.4 Å². The van der Waals surface area contributed by atoms with Crippen LogP contribution in [0.4, 0.5) is 0 Å². The highest BCUT2D eigenvalue weighted by molar-refractivity contribution is 6.07. The molecule has 2 atom stereocenters. The molecule has 2 heterocycles. The third-order valence-corrected chi connectivity index (χ3v) is 5.08. The summed E-state index contributed by atoms with van der Waals surface area (Å²) in [4.78, 5) is 42.0. The molecule has 140 valence electrons. The molecule has 1 aromatic heterocycles. The number of likely N-dealkylation sites (tertiary alicyclic amines) is 1. The third-order valence-electron chi connectivity index (χ3n) is 5.08. The highest BCUT2D eigenvalue weighted by Crippen LogP contribution is 2.37. The van der Waals surface area contributed by atoms with Gasteiger partial charge in [0.05, 0.1) is 11.8 Å². The molecule has 1 saturated heterocycles. The third kappa shape index (κ3) is 3.47. The number of hydrogen-bond donors (Lipinski definition) is 0. The van der Waals surface area contributed by atoms with Gasteiger partial charge in [0, 0.05) is 5.56 Å². The van der Waals surface area contributed by atoms with Gasteiger partial charge in [-0.3, -0.25) is 19.3 Å². The van der Waals surface area contributed by atoms with Crippen molar-refractivity contribution in [3.8, 4) is 11.4 Å². The molecule has 1 aliphatic heterocycles. The zero-order chi connectivity index (χ0) is 18.8. The van der Waals surface area contributed by atoms with Crippen molar-refractivity contribution in [2.75, 3.05) is 6.54 Å². The minimum Gasteiger partial charge on any atom is -0.454 e. The number of aromatic nitrogens is 2. The molecule has 2 amide bonds. The fourth-order valence-corrected chi connectivity index (χ4v) is 3.72. The average Bonchev–Trinajstić information content (AvgIpc) is 3.27. The van der Waals surface area contributed by atoms with E-state index in [4.69, 9.17) is 9.26 Å². The van der Waals surface area contributed by atoms with Gasteiger partial charge in [0.15, 0.2) is 6.61 Å². The Morgan fingerprint density at radius 3 is 2.44 bits per heavy atom. The fraction of sp³-hybridized carbons (Fsp3) is 0.421. The lowest BCUT2D eigenvalue weighted by Gasteiger charge is -2.19. The molecule has 0 spiro atoms. The molecule has 4 rings (SSSR count). The maximum atomic E-state index is 12.4. The van der Waals surface area contributed by atoms with Crippen LogP contribution < -0.4 is 0 Å². The maximum Gasteiger partial charge on any atom is 0.326 e. The van der Waals surface area contributed by atoms with Gasteiger partial charge in [0.1, 0.15) is 6.54 Å². The number of imide groups is 1. The van der Waals surface area contributed by atoms with Crippen LogP contribution in [0.5, 0.6) is 0 Å². The van der Waals surface area contributed by atoms with Crippen LogP contribution in [0.2, 0.25) is 0 Å². The van der Waals surface area contributed by atoms with Crippen molar-refractivity contribution in [1.82, 2.24) is 15.0 Å². The first-order chi connectivity index (χ1) is 13.1. The van der Waals surface area contributed by atoms with Crippen molar-refractivity contribution in [1.29, 1.82) is 0 Å². The van der Waals surface area contributed by atoms with E-state index >= 15 is 0 Å². The second-order valence-electron chi connectivity index (χ2n) is 6.80. The van der Waals surface area contributed by atoms with Gasteiger partial charge in [-0.15, -0.1) is 0 Å². The van der Waals surface area contributed by atoms with Crippen LogP contribution in [-0.4, -0.2) is 39.4 Å². The van der Waals surface area contributed by atoms with Gasteiger partial charge in [-0.05, 0) is 12.8 Å². The highest BCUT2D eigenvalue weighted by atomic mass is 16.6. The van der Waals surface area contributed by atoms with E-state index in [9.17, 15) is 14.4 Å². The first kappa shape index (κ1) is 17.4. The van der Waals surface area contributed by atoms with Gasteiger partial charge in [0.25, 0.3) is 5.89 Å². The Labute approximate surface area is 155 Å². The second kappa shape index (κ2) is 7.30. The van der Waals surface area contributed by atoms with E-state index in [0.717, 1.165) is 23.3 Å². The summed E-state index contributed by atoms with van der Waals surface area (Å²) in [5.74, 6) is -1.19. The van der Waals surface area contributed by atoms with Crippen LogP contribution in [0.15, 0.2) is 34.9 Å². The number of esters is 1. The Hall–Kier alpha value is -3.03. The smallest absolute Gasteiger partial charge is 0.326 e. The lowest BCUT2D eigenvalue weighted by atomic mass is 9.81. The second-order valence-corrected chi connectivity index (χ2v) is 6.80. The van der Waals surface area contributed by atoms with Crippen molar-refractivity contribution in [3.05, 3.63) is 36.2 Å². The standard InChI is InChI=1S/C19H19N3O5/c23-16(10-22-18(24)13-8-4-5-9-14(13)19(22)25)26-11-15-20-17(21-27-15)12-6-2-1-3-7-12/h1-3,6-7,13-14H,4-5,8-11H2. The number of benzene rings is 1. The zero-order valence-corrected chi connectivity index (χ0v) is 14.7. The minimum absolute atomic E-state index is 0.148. The summed E-state index contributed by atoms with van der Waals surface area (Å²) in [6.45, 7) is -0.577. The summed E-state index contributed by atoms with van der Waals surface area (Å²) in [5, 5.41) is 3.84. The Morgan fingerprint density at radius 2 is 1.78 bits per heavy atom. The molecule has 0 bridgehead atoms. The molecule has 2 unspecified atom stereocenters. The predicted octanol–water partition coefficient (Wildman–Crippen LogP) is 1.95. The molecule has 2 aromatic rings. The Balaban J connectivity index is 1.33. The molecular weight excluding hydrogens is 350 g/mol. The van der Waals surface area contributed by atoms with E-state index in [1.54, 1.807) is 0 Å². The molecule has 2 fully saturated rings. The van der Waals surface area contributed by atoms with Gasteiger partial charge in [-0.2, -0.15) is 4.98 Å². The lowest BCUT2D eigenvalue weighted by Crippen LogP contribution is -2.36. The SMILES string of the molecule is O=C(CN1C(=O)C2CCCCC2C1=O)OCc1nc(-c2ccccc2)no1. The molecule has 1 aromatic carbocycles. The topological polar surface area (TPSA) is 103 Å². The largest absolute Gasteiger partial charge is 0.454 e. The van der Waals surface area contributed by atoms with Crippen LogP contribution >= 0.6 is 0 Å². The van der Waals surface area contributed by atoms with Crippen molar-refractivity contribution < 1.29 is 23.6 Å². The Bertz CT molecular complexity index is 839. The van der Waals surface area contributed by atoms with Crippen molar-refractivity contribution in [2.24, 2.45) is 11.8 Å². The van der Waals surface area contributed by atoms with E-state index in [1.165, 1.54) is 0 Å². The zero-order valence-electron chi connectivity index (χ0n) is 14.7. The number of rotatable bonds is 5. The summed E-state index contributed by atoms with van der Waals surface area (Å²) in [6.07, 6.45) is 3.31. The van der Waals surface area contributed by atoms with Crippen LogP contribution in [0.3, 0.4) is 0 Å². The predicted molar refractivity (Wildman–Crippen MR) is 91.7 cm³/mol. The molecule has 27 heavy (non-hydrogen) atoms. The Morgan fingerprint density at radius 1 is 1.11 bits per heavy atom. The number of carbonyl (C=O) groups excluding carboxylic acids is 3. The molecule has 1 saturated carbocycles. The molecule has 0 N–H and O–H groups in total. The molecular formula is C19H19N3O5. The monoisotopic (exact) mass is 369 g/mol. The Kier molecular flexibility index (Phi) is 4.70. The van der Waals surface area contributed by atoms with Gasteiger partial charge < -0.3 is 9.26 Å². The summed E-state index contributed by atoms with van der Waals surface area (Å²) >= 11 is 0. The maximum absolute atomic E-state index is 12.4. The molecule has 0 radical (unpaired) electrons. The van der Waals surface area contributed by atoms with Crippen LogP contribution in [0, 0.1) is 11.8 Å². The van der Waals surface area contributed by atoms with Gasteiger partial charge in [0.2, 0.25) is 17.6 Å². The minimum atomic E-state index is -0.671. The van der Waals surface area contributed by atoms with Crippen molar-refractivity contribution >= 4 is 17.8 Å². The number of nitrogens with zero attached hydrogens (tertiary/aromatic N) is 3. The van der Waals surface area contributed by atoms with E-state index in [2.05, 4.69) is 10.1 Å². The molecule has 8 heteroatoms. The lowest BCUT2D eigenvalue weighted by molar-refractivity contribution is -0.154. The number of carbonyl (C=O) groups is 3. The number of ether oxygens (including phenoxy) is 1. The van der Waals surface area contributed by atoms with E-state index in [1.807, 2.05) is 30.3 Å². The van der Waals surface area contributed by atoms with Gasteiger partial charge >= 0.3 is 5.97 Å². The number of fused-ring (bicyclic) bond motifs is 1. The van der Waals surface area contributed by atoms with Crippen molar-refractivity contribution in [2.45, 2.75) is 32.3 Å². The summed E-state index contributed by atoms with van der Waals surface area (Å²) in [7, 11) is 0. The van der Waals surface area contributed by atoms with Crippen LogP contribution in [0.1, 0.15) is 31.6 Å². The van der Waals surface area contributed by atoms with E-state index < -0.39 is 5.97 Å². The molecule has 8 nitrogen and oxygen atoms in total. The van der Waals surface area contributed by atoms with Gasteiger partial charge in [-0.25, -0.2) is 0 Å². The summed E-state index contributed by atoms with van der Waals surface area (Å²) in [6, 6.07) is 9.26. The highest BCUT2D eigenvalue weighted by Gasteiger charge is 2.48. The first-order valence-electron chi connectivity index (χ1n) is 9.02. The first-order valence-corrected chi connectivity index (χ1v) is 9.02. The summed E-state index contributed by atoms with van der Waals surface area (Å²) in [5.41, 5.74) is 0.787.